The third-order valence-electron chi connectivity index (χ3n) is 3.61. The van der Waals surface area contributed by atoms with Crippen molar-refractivity contribution in [3.63, 3.8) is 0 Å². The molecule has 2 aromatic rings. The van der Waals surface area contributed by atoms with Crippen LogP contribution in [0, 0.1) is 17.2 Å². The number of halogens is 3. The summed E-state index contributed by atoms with van der Waals surface area (Å²) in [4.78, 5) is 28.5. The van der Waals surface area contributed by atoms with E-state index in [4.69, 9.17) is 4.74 Å². The Bertz CT molecular complexity index is 868. The largest absolute Gasteiger partial charge is 0.482 e. The molecule has 0 aliphatic rings. The lowest BCUT2D eigenvalue weighted by Gasteiger charge is -2.19. The maximum atomic E-state index is 13.0. The minimum atomic E-state index is -4.67. The number of alkyl halides is 3. The Balaban J connectivity index is 2.23. The Hall–Kier alpha value is -3.15. The number of ether oxygens (including phenoxy) is 1. The number of nitrogens with zero attached hydrogens (tertiary/aromatic N) is 3. The normalized spacial score (nSPS) is 13.5. The third-order valence-corrected chi connectivity index (χ3v) is 3.61. The van der Waals surface area contributed by atoms with Gasteiger partial charge in [0, 0.05) is 19.4 Å². The molecule has 26 heavy (non-hydrogen) atoms. The molecular formula is C17H14F3N3O3. The highest BCUT2D eigenvalue weighted by molar-refractivity contribution is 6.12. The van der Waals surface area contributed by atoms with Gasteiger partial charge in [0.25, 0.3) is 0 Å². The van der Waals surface area contributed by atoms with Crippen LogP contribution in [0.5, 0.6) is 5.75 Å². The molecule has 0 aliphatic heterocycles. The van der Waals surface area contributed by atoms with Gasteiger partial charge in [-0.05, 0) is 19.1 Å². The van der Waals surface area contributed by atoms with Gasteiger partial charge in [-0.1, -0.05) is 12.1 Å². The van der Waals surface area contributed by atoms with Gasteiger partial charge < -0.3 is 9.30 Å². The summed E-state index contributed by atoms with van der Waals surface area (Å²) in [7, 11) is 1.51. The summed E-state index contributed by atoms with van der Waals surface area (Å²) in [6.45, 7) is 1.19. The molecule has 0 N–H and O–H groups in total. The van der Waals surface area contributed by atoms with Crippen molar-refractivity contribution in [1.29, 1.82) is 5.26 Å². The first-order valence-corrected chi connectivity index (χ1v) is 7.44. The number of hydrogen-bond acceptors (Lipinski definition) is 5. The molecule has 1 aromatic heterocycles. The van der Waals surface area contributed by atoms with Gasteiger partial charge in [0.15, 0.2) is 23.6 Å². The van der Waals surface area contributed by atoms with Crippen LogP contribution in [0.25, 0.3) is 0 Å². The number of hydrogen-bond donors (Lipinski definition) is 0. The van der Waals surface area contributed by atoms with E-state index in [0.717, 1.165) is 12.1 Å². The van der Waals surface area contributed by atoms with Gasteiger partial charge in [0.2, 0.25) is 5.78 Å². The van der Waals surface area contributed by atoms with Crippen molar-refractivity contribution in [2.45, 2.75) is 19.2 Å². The monoisotopic (exact) mass is 365 g/mol. The van der Waals surface area contributed by atoms with Crippen LogP contribution in [0.3, 0.4) is 0 Å². The molecule has 136 valence electrons. The van der Waals surface area contributed by atoms with Gasteiger partial charge in [-0.15, -0.1) is 0 Å². The van der Waals surface area contributed by atoms with Crippen LogP contribution in [0.1, 0.15) is 23.1 Å². The summed E-state index contributed by atoms with van der Waals surface area (Å²) in [5.41, 5.74) is -1.05. The summed E-state index contributed by atoms with van der Waals surface area (Å²) >= 11 is 0. The van der Waals surface area contributed by atoms with Crippen LogP contribution in [0.2, 0.25) is 0 Å². The van der Waals surface area contributed by atoms with E-state index in [1.54, 1.807) is 6.07 Å². The number of aryl methyl sites for hydroxylation is 1. The predicted octanol–water partition coefficient (Wildman–Crippen LogP) is 2.80. The van der Waals surface area contributed by atoms with E-state index in [1.807, 2.05) is 0 Å². The smallest absolute Gasteiger partial charge is 0.419 e. The first-order chi connectivity index (χ1) is 12.2. The molecule has 2 atom stereocenters. The maximum Gasteiger partial charge on any atom is 0.419 e. The topological polar surface area (TPSA) is 85.0 Å². The highest BCUT2D eigenvalue weighted by Crippen LogP contribution is 2.36. The molecule has 1 heterocycles. The molecule has 0 radical (unpaired) electrons. The fourth-order valence-electron chi connectivity index (χ4n) is 2.27. The predicted molar refractivity (Wildman–Crippen MR) is 83.2 cm³/mol. The number of carbonyl (C=O) groups excluding carboxylic acids is 2. The number of ketones is 2. The van der Waals surface area contributed by atoms with E-state index in [9.17, 15) is 28.0 Å². The van der Waals surface area contributed by atoms with Crippen LogP contribution in [0.4, 0.5) is 13.2 Å². The molecule has 0 unspecified atom stereocenters. The SMILES string of the molecule is C[C@H](Oc1ccccc1C(F)(F)F)C(=O)[C@@H](C#N)C(=O)c1nccn1C. The molecule has 0 fully saturated rings. The molecule has 9 heteroatoms. The Labute approximate surface area is 146 Å². The average Bonchev–Trinajstić information content (AvgIpc) is 3.00. The van der Waals surface area contributed by atoms with Gasteiger partial charge in [0.05, 0.1) is 11.6 Å². The molecule has 1 aromatic carbocycles. The average molecular weight is 365 g/mol. The lowest BCUT2D eigenvalue weighted by Crippen LogP contribution is -2.35. The van der Waals surface area contributed by atoms with Gasteiger partial charge in [-0.2, -0.15) is 18.4 Å². The first kappa shape index (κ1) is 19.2. The van der Waals surface area contributed by atoms with E-state index in [0.29, 0.717) is 0 Å². The number of carbonyl (C=O) groups is 2. The van der Waals surface area contributed by atoms with Gasteiger partial charge in [0.1, 0.15) is 5.75 Å². The van der Waals surface area contributed by atoms with Crippen LogP contribution < -0.4 is 4.74 Å². The number of benzene rings is 1. The second kappa shape index (κ2) is 7.39. The molecular weight excluding hydrogens is 351 g/mol. The second-order valence-corrected chi connectivity index (χ2v) is 5.44. The molecule has 0 saturated carbocycles. The summed E-state index contributed by atoms with van der Waals surface area (Å²) < 4.78 is 45.5. The van der Waals surface area contributed by atoms with E-state index >= 15 is 0 Å². The van der Waals surface area contributed by atoms with Crippen molar-refractivity contribution in [2.24, 2.45) is 13.0 Å². The lowest BCUT2D eigenvalue weighted by atomic mass is 9.96. The minimum Gasteiger partial charge on any atom is -0.482 e. The number of rotatable bonds is 6. The summed E-state index contributed by atoms with van der Waals surface area (Å²) in [6, 6.07) is 5.96. The fourth-order valence-corrected chi connectivity index (χ4v) is 2.27. The van der Waals surface area contributed by atoms with Crippen LogP contribution in [-0.4, -0.2) is 27.2 Å². The van der Waals surface area contributed by atoms with E-state index in [1.165, 1.54) is 43.1 Å². The van der Waals surface area contributed by atoms with Crippen molar-refractivity contribution in [1.82, 2.24) is 9.55 Å². The molecule has 0 saturated heterocycles. The van der Waals surface area contributed by atoms with Gasteiger partial charge in [-0.3, -0.25) is 9.59 Å². The molecule has 6 nitrogen and oxygen atoms in total. The van der Waals surface area contributed by atoms with E-state index in [2.05, 4.69) is 4.98 Å². The first-order valence-electron chi connectivity index (χ1n) is 7.44. The van der Waals surface area contributed by atoms with E-state index in [-0.39, 0.29) is 5.82 Å². The second-order valence-electron chi connectivity index (χ2n) is 5.44. The standard InChI is InChI=1S/C17H14F3N3O3/c1-10(26-13-6-4-3-5-12(13)17(18,19)20)14(24)11(9-21)15(25)16-22-7-8-23(16)2/h3-8,10-11H,1-2H3/t10-,11+/m0/s1. The zero-order valence-corrected chi connectivity index (χ0v) is 13.8. The number of nitriles is 1. The molecule has 0 spiro atoms. The van der Waals surface area contributed by atoms with Crippen molar-refractivity contribution in [2.75, 3.05) is 0 Å². The number of aromatic nitrogens is 2. The van der Waals surface area contributed by atoms with Crippen LogP contribution in [-0.2, 0) is 18.0 Å². The fraction of sp³-hybridized carbons (Fsp3) is 0.294. The summed E-state index contributed by atoms with van der Waals surface area (Å²) in [5.74, 6) is -4.18. The third kappa shape index (κ3) is 3.91. The Kier molecular flexibility index (Phi) is 5.45. The molecule has 2 rings (SSSR count). The zero-order valence-electron chi connectivity index (χ0n) is 13.8. The molecule has 0 bridgehead atoms. The number of Topliss-reactive ketones (excluding diaryl/α,β-unsaturated/α-hetero) is 2. The minimum absolute atomic E-state index is 0.104. The summed E-state index contributed by atoms with van der Waals surface area (Å²) in [6.07, 6.45) is -3.32. The van der Waals surface area contributed by atoms with Crippen molar-refractivity contribution < 1.29 is 27.5 Å². The van der Waals surface area contributed by atoms with Crippen molar-refractivity contribution in [3.8, 4) is 11.8 Å². The Morgan fingerprint density at radius 1 is 1.31 bits per heavy atom. The zero-order chi connectivity index (χ0) is 19.5. The van der Waals surface area contributed by atoms with Gasteiger partial charge >= 0.3 is 6.18 Å². The van der Waals surface area contributed by atoms with Gasteiger partial charge in [-0.25, -0.2) is 4.98 Å². The van der Waals surface area contributed by atoms with Crippen LogP contribution in [0.15, 0.2) is 36.7 Å². The number of para-hydroxylation sites is 1. The van der Waals surface area contributed by atoms with Crippen molar-refractivity contribution in [3.05, 3.63) is 48.0 Å². The van der Waals surface area contributed by atoms with Crippen molar-refractivity contribution >= 4 is 11.6 Å². The molecule has 0 amide bonds. The quantitative estimate of drug-likeness (QED) is 0.580. The lowest BCUT2D eigenvalue weighted by molar-refractivity contribution is -0.140. The summed E-state index contributed by atoms with van der Waals surface area (Å²) in [5, 5.41) is 9.19. The maximum absolute atomic E-state index is 13.0. The molecule has 0 aliphatic carbocycles. The highest BCUT2D eigenvalue weighted by Gasteiger charge is 2.37. The van der Waals surface area contributed by atoms with Crippen LogP contribution >= 0.6 is 0 Å². The number of imidazole rings is 1. The Morgan fingerprint density at radius 2 is 1.96 bits per heavy atom. The Morgan fingerprint density at radius 3 is 2.50 bits per heavy atom. The van der Waals surface area contributed by atoms with E-state index < -0.39 is 41.1 Å². The highest BCUT2D eigenvalue weighted by atomic mass is 19.4.